The summed E-state index contributed by atoms with van der Waals surface area (Å²) in [6.45, 7) is 23.0. The average molecular weight is 416 g/mol. The van der Waals surface area contributed by atoms with Crippen LogP contribution in [0.2, 0.25) is 0 Å². The van der Waals surface area contributed by atoms with Crippen LogP contribution in [0.3, 0.4) is 0 Å². The van der Waals surface area contributed by atoms with Crippen molar-refractivity contribution in [3.8, 4) is 0 Å². The number of anilines is 1. The Balaban J connectivity index is 2.84. The third-order valence-electron chi connectivity index (χ3n) is 5.39. The van der Waals surface area contributed by atoms with Crippen molar-refractivity contribution in [2.75, 3.05) is 24.5 Å². The van der Waals surface area contributed by atoms with Crippen LogP contribution in [0.15, 0.2) is 35.9 Å². The molecule has 0 heterocycles. The Morgan fingerprint density at radius 3 is 2.17 bits per heavy atom. The quantitative estimate of drug-likeness (QED) is 0.401. The highest BCUT2D eigenvalue weighted by Crippen LogP contribution is 2.24. The fourth-order valence-electron chi connectivity index (χ4n) is 3.58. The number of allylic oxidation sites excluding steroid dienone is 1. The second-order valence-corrected chi connectivity index (χ2v) is 11.5. The number of rotatable bonds is 12. The van der Waals surface area contributed by atoms with Crippen LogP contribution in [0.25, 0.3) is 0 Å². The maximum absolute atomic E-state index is 6.31. The van der Waals surface area contributed by atoms with Crippen molar-refractivity contribution < 1.29 is 0 Å². The molecule has 172 valence electrons. The number of nitrogens with zero attached hydrogens (tertiary/aromatic N) is 1. The van der Waals surface area contributed by atoms with Crippen LogP contribution in [0, 0.1) is 11.3 Å². The van der Waals surface area contributed by atoms with Gasteiger partial charge in [0.1, 0.15) is 0 Å². The number of hydrogen-bond donors (Lipinski definition) is 2. The Morgan fingerprint density at radius 2 is 1.67 bits per heavy atom. The molecule has 0 aliphatic heterocycles. The topological polar surface area (TPSA) is 41.3 Å². The van der Waals surface area contributed by atoms with Gasteiger partial charge in [0.25, 0.3) is 0 Å². The summed E-state index contributed by atoms with van der Waals surface area (Å²) in [5.41, 5.74) is 10.7. The van der Waals surface area contributed by atoms with Crippen molar-refractivity contribution in [1.29, 1.82) is 0 Å². The molecule has 0 aromatic heterocycles. The number of benzene rings is 1. The molecule has 3 heteroatoms. The third-order valence-corrected chi connectivity index (χ3v) is 5.39. The zero-order valence-corrected chi connectivity index (χ0v) is 21.3. The van der Waals surface area contributed by atoms with Crippen molar-refractivity contribution >= 4 is 5.69 Å². The number of nitrogens with two attached hydrogens (primary N) is 1. The van der Waals surface area contributed by atoms with Crippen molar-refractivity contribution in [3.05, 3.63) is 41.5 Å². The summed E-state index contributed by atoms with van der Waals surface area (Å²) in [6.07, 6.45) is 5.72. The van der Waals surface area contributed by atoms with Gasteiger partial charge in [-0.15, -0.1) is 0 Å². The largest absolute Gasteiger partial charge is 0.366 e. The van der Waals surface area contributed by atoms with Crippen LogP contribution < -0.4 is 16.0 Å². The molecule has 0 amide bonds. The summed E-state index contributed by atoms with van der Waals surface area (Å²) in [6, 6.07) is 9.39. The predicted octanol–water partition coefficient (Wildman–Crippen LogP) is 6.18. The molecule has 0 saturated heterocycles. The van der Waals surface area contributed by atoms with E-state index in [2.05, 4.69) is 103 Å². The second-order valence-electron chi connectivity index (χ2n) is 11.5. The fraction of sp³-hybridized carbons (Fsp3) is 0.704. The summed E-state index contributed by atoms with van der Waals surface area (Å²) in [5, 5.41) is 3.71. The molecule has 30 heavy (non-hydrogen) atoms. The van der Waals surface area contributed by atoms with Gasteiger partial charge in [-0.3, -0.25) is 0 Å². The molecular formula is C27H49N3. The minimum Gasteiger partial charge on any atom is -0.366 e. The Labute approximate surface area is 187 Å². The Morgan fingerprint density at radius 1 is 1.07 bits per heavy atom. The molecule has 1 aromatic carbocycles. The molecule has 3 N–H and O–H groups in total. The van der Waals surface area contributed by atoms with Crippen molar-refractivity contribution in [2.45, 2.75) is 93.2 Å². The molecule has 0 aliphatic carbocycles. The van der Waals surface area contributed by atoms with Gasteiger partial charge >= 0.3 is 0 Å². The van der Waals surface area contributed by atoms with E-state index >= 15 is 0 Å². The smallest absolute Gasteiger partial charge is 0.0369 e. The minimum atomic E-state index is -0.0189. The first-order valence-electron chi connectivity index (χ1n) is 11.8. The molecule has 0 fully saturated rings. The third kappa shape index (κ3) is 11.8. The Hall–Kier alpha value is -1.32. The number of nitrogens with one attached hydrogen (secondary N) is 1. The van der Waals surface area contributed by atoms with E-state index in [-0.39, 0.29) is 11.6 Å². The maximum Gasteiger partial charge on any atom is 0.0369 e. The molecule has 0 aliphatic rings. The maximum atomic E-state index is 6.31. The molecule has 0 bridgehead atoms. The SMILES string of the molecule is CC(C)=CCN(CC(C)(C)NC[C@@H](N)CC(C)C)c1ccc(CCC(C)(C)C)cc1. The minimum absolute atomic E-state index is 0.0189. The lowest BCUT2D eigenvalue weighted by Gasteiger charge is -2.35. The molecule has 0 saturated carbocycles. The van der Waals surface area contributed by atoms with Crippen molar-refractivity contribution in [1.82, 2.24) is 5.32 Å². The van der Waals surface area contributed by atoms with E-state index in [4.69, 9.17) is 5.73 Å². The second kappa shape index (κ2) is 11.9. The highest BCUT2D eigenvalue weighted by molar-refractivity contribution is 5.49. The number of aryl methyl sites for hydroxylation is 1. The monoisotopic (exact) mass is 415 g/mol. The van der Waals surface area contributed by atoms with E-state index in [0.717, 1.165) is 32.5 Å². The standard InChI is InChI=1S/C27H49N3/c1-21(2)15-17-30(20-27(8,9)29-19-24(28)18-22(3)4)25-12-10-23(11-13-25)14-16-26(5,6)7/h10-13,15,22,24,29H,14,16-20,28H2,1-9H3/t24-/m0/s1. The zero-order chi connectivity index (χ0) is 22.9. The van der Waals surface area contributed by atoms with E-state index in [1.807, 2.05) is 0 Å². The first kappa shape index (κ1) is 26.7. The van der Waals surface area contributed by atoms with Crippen LogP contribution in [0.5, 0.6) is 0 Å². The zero-order valence-electron chi connectivity index (χ0n) is 21.3. The van der Waals surface area contributed by atoms with Gasteiger partial charge in [-0.05, 0) is 76.0 Å². The summed E-state index contributed by atoms with van der Waals surface area (Å²) in [7, 11) is 0. The molecule has 0 radical (unpaired) electrons. The Kier molecular flexibility index (Phi) is 10.6. The van der Waals surface area contributed by atoms with Crippen LogP contribution >= 0.6 is 0 Å². The van der Waals surface area contributed by atoms with Crippen LogP contribution in [-0.4, -0.2) is 31.2 Å². The molecule has 1 atom stereocenters. The van der Waals surface area contributed by atoms with Crippen molar-refractivity contribution in [3.63, 3.8) is 0 Å². The molecular weight excluding hydrogens is 366 g/mol. The summed E-state index contributed by atoms with van der Waals surface area (Å²) < 4.78 is 0. The van der Waals surface area contributed by atoms with Gasteiger partial charge < -0.3 is 16.0 Å². The van der Waals surface area contributed by atoms with Crippen LogP contribution in [0.4, 0.5) is 5.69 Å². The fourth-order valence-corrected chi connectivity index (χ4v) is 3.58. The van der Waals surface area contributed by atoms with Gasteiger partial charge in [0.05, 0.1) is 0 Å². The molecule has 1 aromatic rings. The highest BCUT2D eigenvalue weighted by Gasteiger charge is 2.22. The van der Waals surface area contributed by atoms with E-state index in [9.17, 15) is 0 Å². The first-order valence-corrected chi connectivity index (χ1v) is 11.8. The molecule has 3 nitrogen and oxygen atoms in total. The van der Waals surface area contributed by atoms with E-state index < -0.39 is 0 Å². The number of hydrogen-bond acceptors (Lipinski definition) is 3. The summed E-state index contributed by atoms with van der Waals surface area (Å²) in [4.78, 5) is 2.47. The van der Waals surface area contributed by atoms with Gasteiger partial charge in [-0.2, -0.15) is 0 Å². The van der Waals surface area contributed by atoms with Crippen molar-refractivity contribution in [2.24, 2.45) is 17.1 Å². The van der Waals surface area contributed by atoms with Crippen LogP contribution in [-0.2, 0) is 6.42 Å². The molecule has 0 spiro atoms. The molecule has 0 unspecified atom stereocenters. The average Bonchev–Trinajstić information content (AvgIpc) is 2.61. The lowest BCUT2D eigenvalue weighted by molar-refractivity contribution is 0.358. The van der Waals surface area contributed by atoms with E-state index in [1.165, 1.54) is 23.2 Å². The summed E-state index contributed by atoms with van der Waals surface area (Å²) >= 11 is 0. The van der Waals surface area contributed by atoms with E-state index in [1.54, 1.807) is 0 Å². The van der Waals surface area contributed by atoms with Gasteiger partial charge in [-0.1, -0.05) is 58.4 Å². The Bertz CT molecular complexity index is 631. The normalized spacial score (nSPS) is 13.4. The van der Waals surface area contributed by atoms with E-state index in [0.29, 0.717) is 11.3 Å². The summed E-state index contributed by atoms with van der Waals surface area (Å²) in [5.74, 6) is 0.635. The first-order chi connectivity index (χ1) is 13.8. The van der Waals surface area contributed by atoms with Gasteiger partial charge in [0, 0.05) is 36.9 Å². The van der Waals surface area contributed by atoms with Crippen LogP contribution in [0.1, 0.15) is 80.7 Å². The van der Waals surface area contributed by atoms with Gasteiger partial charge in [0.2, 0.25) is 0 Å². The lowest BCUT2D eigenvalue weighted by atomic mass is 9.89. The van der Waals surface area contributed by atoms with Gasteiger partial charge in [-0.25, -0.2) is 0 Å². The molecule has 1 rings (SSSR count). The van der Waals surface area contributed by atoms with Gasteiger partial charge in [0.15, 0.2) is 0 Å². The predicted molar refractivity (Wildman–Crippen MR) is 135 cm³/mol. The highest BCUT2D eigenvalue weighted by atomic mass is 15.2. The lowest BCUT2D eigenvalue weighted by Crippen LogP contribution is -2.52.